The number of carboxylic acid groups (broad SMARTS) is 2. The zero-order chi connectivity index (χ0) is 15.0. The Bertz CT molecular complexity index is 285. The molecule has 0 amide bonds. The van der Waals surface area contributed by atoms with Gasteiger partial charge in [-0.2, -0.15) is 0 Å². The number of aliphatic hydroxyl groups excluding tert-OH is 4. The second-order valence-corrected chi connectivity index (χ2v) is 4.08. The smallest absolute Gasteiger partial charge is 0.321 e. The summed E-state index contributed by atoms with van der Waals surface area (Å²) in [5.74, 6) is -2.79. The largest absolute Gasteiger partial charge is 0.481 e. The summed E-state index contributed by atoms with van der Waals surface area (Å²) in [5.41, 5.74) is 0. The molecule has 0 aliphatic carbocycles. The Labute approximate surface area is 109 Å². The lowest BCUT2D eigenvalue weighted by molar-refractivity contribution is -0.151. The highest BCUT2D eigenvalue weighted by Crippen LogP contribution is 2.08. The highest BCUT2D eigenvalue weighted by molar-refractivity contribution is 5.80. The van der Waals surface area contributed by atoms with Crippen LogP contribution >= 0.6 is 0 Å². The fourth-order valence-electron chi connectivity index (χ4n) is 1.52. The molecule has 2 unspecified atom stereocenters. The molecule has 0 saturated heterocycles. The Hall–Kier alpha value is -1.26. The van der Waals surface area contributed by atoms with Crippen LogP contribution in [-0.2, 0) is 9.59 Å². The van der Waals surface area contributed by atoms with E-state index >= 15 is 0 Å². The lowest BCUT2D eigenvalue weighted by atomic mass is 10.1. The SMILES string of the molecule is O=C(O)C[C@@H](C(=O)O)N(CC(O)CO)CC(O)CO. The van der Waals surface area contributed by atoms with Gasteiger partial charge in [0.1, 0.15) is 6.04 Å². The van der Waals surface area contributed by atoms with Gasteiger partial charge in [0.2, 0.25) is 0 Å². The number of rotatable bonds is 10. The molecule has 19 heavy (non-hydrogen) atoms. The minimum Gasteiger partial charge on any atom is -0.481 e. The van der Waals surface area contributed by atoms with Gasteiger partial charge in [0.05, 0.1) is 31.8 Å². The highest BCUT2D eigenvalue weighted by atomic mass is 16.4. The Morgan fingerprint density at radius 1 is 0.947 bits per heavy atom. The molecule has 0 aromatic carbocycles. The molecule has 9 nitrogen and oxygen atoms in total. The normalized spacial score (nSPS) is 16.1. The van der Waals surface area contributed by atoms with E-state index < -0.39 is 49.8 Å². The van der Waals surface area contributed by atoms with Gasteiger partial charge in [0.25, 0.3) is 0 Å². The summed E-state index contributed by atoms with van der Waals surface area (Å²) in [6.45, 7) is -1.94. The fraction of sp³-hybridized carbons (Fsp3) is 0.800. The third-order valence-corrected chi connectivity index (χ3v) is 2.41. The van der Waals surface area contributed by atoms with Crippen molar-refractivity contribution >= 4 is 11.9 Å². The molecule has 0 rings (SSSR count). The van der Waals surface area contributed by atoms with Crippen molar-refractivity contribution in [3.63, 3.8) is 0 Å². The van der Waals surface area contributed by atoms with Crippen molar-refractivity contribution < 1.29 is 40.2 Å². The van der Waals surface area contributed by atoms with Crippen molar-refractivity contribution in [3.8, 4) is 0 Å². The first kappa shape index (κ1) is 17.7. The molecule has 0 fully saturated rings. The molecule has 9 heteroatoms. The molecule has 0 aromatic rings. The Morgan fingerprint density at radius 3 is 1.63 bits per heavy atom. The molecule has 6 N–H and O–H groups in total. The molecule has 0 aromatic heterocycles. The van der Waals surface area contributed by atoms with E-state index in [4.69, 9.17) is 20.4 Å². The summed E-state index contributed by atoms with van der Waals surface area (Å²) in [6.07, 6.45) is -3.28. The van der Waals surface area contributed by atoms with Crippen LogP contribution in [-0.4, -0.2) is 92.0 Å². The lowest BCUT2D eigenvalue weighted by Gasteiger charge is -2.30. The predicted octanol–water partition coefficient (Wildman–Crippen LogP) is -3.08. The Kier molecular flexibility index (Phi) is 8.19. The van der Waals surface area contributed by atoms with E-state index in [1.54, 1.807) is 0 Å². The second-order valence-electron chi connectivity index (χ2n) is 4.08. The van der Waals surface area contributed by atoms with Crippen molar-refractivity contribution in [3.05, 3.63) is 0 Å². The lowest BCUT2D eigenvalue weighted by Crippen LogP contribution is -2.50. The number of carboxylic acids is 2. The van der Waals surface area contributed by atoms with Gasteiger partial charge in [-0.25, -0.2) is 0 Å². The maximum absolute atomic E-state index is 11.0. The van der Waals surface area contributed by atoms with Crippen LogP contribution in [0.3, 0.4) is 0 Å². The molecule has 0 radical (unpaired) electrons. The van der Waals surface area contributed by atoms with Crippen LogP contribution in [0.15, 0.2) is 0 Å². The molecule has 0 bridgehead atoms. The quantitative estimate of drug-likeness (QED) is 0.244. The van der Waals surface area contributed by atoms with Gasteiger partial charge in [-0.1, -0.05) is 0 Å². The first-order valence-electron chi connectivity index (χ1n) is 5.58. The van der Waals surface area contributed by atoms with Crippen LogP contribution < -0.4 is 0 Å². The number of nitrogens with zero attached hydrogens (tertiary/aromatic N) is 1. The molecule has 112 valence electrons. The van der Waals surface area contributed by atoms with E-state index in [2.05, 4.69) is 0 Å². The summed E-state index contributed by atoms with van der Waals surface area (Å²) in [7, 11) is 0. The Balaban J connectivity index is 4.91. The number of carbonyl (C=O) groups is 2. The van der Waals surface area contributed by atoms with Gasteiger partial charge in [0.15, 0.2) is 0 Å². The zero-order valence-electron chi connectivity index (χ0n) is 10.2. The number of aliphatic carboxylic acids is 2. The van der Waals surface area contributed by atoms with E-state index in [1.165, 1.54) is 0 Å². The van der Waals surface area contributed by atoms with Crippen LogP contribution in [0, 0.1) is 0 Å². The van der Waals surface area contributed by atoms with Gasteiger partial charge in [-0.3, -0.25) is 14.5 Å². The number of hydrogen-bond donors (Lipinski definition) is 6. The van der Waals surface area contributed by atoms with Crippen molar-refractivity contribution in [1.82, 2.24) is 4.90 Å². The van der Waals surface area contributed by atoms with Crippen LogP contribution in [0.5, 0.6) is 0 Å². The molecular weight excluding hydrogens is 262 g/mol. The maximum Gasteiger partial charge on any atom is 0.321 e. The number of aliphatic hydroxyl groups is 4. The topological polar surface area (TPSA) is 159 Å². The average molecular weight is 281 g/mol. The third-order valence-electron chi connectivity index (χ3n) is 2.41. The van der Waals surface area contributed by atoms with E-state index in [0.29, 0.717) is 0 Å². The molecule has 0 aliphatic rings. The summed E-state index contributed by atoms with van der Waals surface area (Å²) < 4.78 is 0. The first-order chi connectivity index (χ1) is 8.81. The first-order valence-corrected chi connectivity index (χ1v) is 5.58. The van der Waals surface area contributed by atoms with Crippen LogP contribution in [0.4, 0.5) is 0 Å². The number of hydrogen-bond acceptors (Lipinski definition) is 7. The van der Waals surface area contributed by atoms with Crippen molar-refractivity contribution in [1.29, 1.82) is 0 Å². The van der Waals surface area contributed by atoms with Crippen molar-refractivity contribution in [2.24, 2.45) is 0 Å². The fourth-order valence-corrected chi connectivity index (χ4v) is 1.52. The maximum atomic E-state index is 11.0. The molecular formula is C10H19NO8. The third kappa shape index (κ3) is 7.03. The minimum absolute atomic E-state index is 0.336. The van der Waals surface area contributed by atoms with Crippen LogP contribution in [0.25, 0.3) is 0 Å². The second kappa shape index (κ2) is 8.77. The predicted molar refractivity (Wildman–Crippen MR) is 61.4 cm³/mol. The average Bonchev–Trinajstić information content (AvgIpc) is 2.34. The molecule has 0 heterocycles. The van der Waals surface area contributed by atoms with Gasteiger partial charge in [0, 0.05) is 13.1 Å². The summed E-state index contributed by atoms with van der Waals surface area (Å²) in [4.78, 5) is 22.6. The van der Waals surface area contributed by atoms with Crippen LogP contribution in [0.1, 0.15) is 6.42 Å². The van der Waals surface area contributed by atoms with Gasteiger partial charge in [-0.05, 0) is 0 Å². The van der Waals surface area contributed by atoms with Gasteiger partial charge in [-0.15, -0.1) is 0 Å². The van der Waals surface area contributed by atoms with E-state index in [-0.39, 0.29) is 13.1 Å². The van der Waals surface area contributed by atoms with Crippen molar-refractivity contribution in [2.75, 3.05) is 26.3 Å². The van der Waals surface area contributed by atoms with E-state index in [0.717, 1.165) is 4.90 Å². The van der Waals surface area contributed by atoms with Gasteiger partial charge >= 0.3 is 11.9 Å². The minimum atomic E-state index is -1.47. The van der Waals surface area contributed by atoms with Crippen molar-refractivity contribution in [2.45, 2.75) is 24.7 Å². The summed E-state index contributed by atoms with van der Waals surface area (Å²) in [6, 6.07) is -1.47. The molecule has 0 spiro atoms. The summed E-state index contributed by atoms with van der Waals surface area (Å²) in [5, 5.41) is 53.7. The van der Waals surface area contributed by atoms with Gasteiger partial charge < -0.3 is 30.6 Å². The molecule has 0 saturated carbocycles. The molecule has 3 atom stereocenters. The monoisotopic (exact) mass is 281 g/mol. The standard InChI is InChI=1S/C10H19NO8/c12-4-6(14)2-11(3-7(15)5-13)8(10(18)19)1-9(16)17/h6-8,12-15H,1-5H2,(H,16,17)(H,18,19)/t6?,7?,8-/m0/s1. The Morgan fingerprint density at radius 2 is 1.37 bits per heavy atom. The summed E-state index contributed by atoms with van der Waals surface area (Å²) >= 11 is 0. The molecule has 0 aliphatic heterocycles. The van der Waals surface area contributed by atoms with E-state index in [1.807, 2.05) is 0 Å². The van der Waals surface area contributed by atoms with E-state index in [9.17, 15) is 19.8 Å². The van der Waals surface area contributed by atoms with Crippen LogP contribution in [0.2, 0.25) is 0 Å². The zero-order valence-corrected chi connectivity index (χ0v) is 10.2. The highest BCUT2D eigenvalue weighted by Gasteiger charge is 2.30.